The van der Waals surface area contributed by atoms with E-state index in [1.165, 1.54) is 12.1 Å². The van der Waals surface area contributed by atoms with Crippen LogP contribution in [0.5, 0.6) is 0 Å². The van der Waals surface area contributed by atoms with Crippen LogP contribution in [-0.4, -0.2) is 46.5 Å². The summed E-state index contributed by atoms with van der Waals surface area (Å²) in [5, 5.41) is 13.9. The van der Waals surface area contributed by atoms with Gasteiger partial charge in [-0.1, -0.05) is 17.3 Å². The first kappa shape index (κ1) is 16.0. The number of aliphatic hydroxyl groups is 1. The Hall–Kier alpha value is -1.83. The molecule has 2 atom stereocenters. The second-order valence-corrected chi connectivity index (χ2v) is 5.73. The van der Waals surface area contributed by atoms with Crippen molar-refractivity contribution in [3.05, 3.63) is 47.4 Å². The van der Waals surface area contributed by atoms with Crippen LogP contribution >= 0.6 is 0 Å². The van der Waals surface area contributed by atoms with Gasteiger partial charge in [0.05, 0.1) is 19.3 Å². The molecule has 1 aliphatic rings. The number of hydrogen-bond acceptors (Lipinski definition) is 6. The zero-order chi connectivity index (χ0) is 16.2. The molecule has 0 saturated carbocycles. The van der Waals surface area contributed by atoms with Crippen molar-refractivity contribution < 1.29 is 18.8 Å². The van der Waals surface area contributed by atoms with Crippen molar-refractivity contribution in [1.82, 2.24) is 15.0 Å². The van der Waals surface area contributed by atoms with Crippen molar-refractivity contribution in [2.24, 2.45) is 0 Å². The Morgan fingerprint density at radius 3 is 2.91 bits per heavy atom. The number of ether oxygens (including phenoxy) is 1. The Balaban J connectivity index is 1.69. The number of β-amino-alcohol motifs (C(OH)–C–C–N with tert-alkyl or cyclic N) is 1. The Kier molecular flexibility index (Phi) is 5.00. The highest BCUT2D eigenvalue weighted by molar-refractivity contribution is 5.21. The van der Waals surface area contributed by atoms with Gasteiger partial charge in [0.25, 0.3) is 0 Å². The number of rotatable bonds is 6. The number of aliphatic hydroxyl groups excluding tert-OH is 1. The molecule has 0 radical (unpaired) electrons. The normalized spacial score (nSPS) is 21.9. The maximum atomic E-state index is 13.1. The maximum Gasteiger partial charge on any atom is 0.240 e. The molecule has 6 nitrogen and oxygen atoms in total. The molecule has 0 amide bonds. The van der Waals surface area contributed by atoms with Gasteiger partial charge < -0.3 is 14.4 Å². The number of hydrogen-bond donors (Lipinski definition) is 1. The molecule has 1 aliphatic heterocycles. The number of aromatic nitrogens is 2. The molecule has 0 aliphatic carbocycles. The van der Waals surface area contributed by atoms with Crippen LogP contribution in [0.1, 0.15) is 29.7 Å². The third-order valence-corrected chi connectivity index (χ3v) is 4.01. The Morgan fingerprint density at radius 1 is 1.39 bits per heavy atom. The summed E-state index contributed by atoms with van der Waals surface area (Å²) in [6, 6.07) is 6.40. The summed E-state index contributed by atoms with van der Waals surface area (Å²) >= 11 is 0. The highest BCUT2D eigenvalue weighted by Gasteiger charge is 2.33. The first-order valence-electron chi connectivity index (χ1n) is 7.63. The van der Waals surface area contributed by atoms with Crippen molar-refractivity contribution in [3.63, 3.8) is 0 Å². The summed E-state index contributed by atoms with van der Waals surface area (Å²) in [4.78, 5) is 6.41. The smallest absolute Gasteiger partial charge is 0.240 e. The number of halogens is 1. The van der Waals surface area contributed by atoms with Crippen LogP contribution in [-0.2, 0) is 17.7 Å². The predicted octanol–water partition coefficient (Wildman–Crippen LogP) is 1.71. The molecule has 1 aromatic carbocycles. The van der Waals surface area contributed by atoms with Crippen molar-refractivity contribution >= 4 is 0 Å². The van der Waals surface area contributed by atoms with E-state index >= 15 is 0 Å². The standard InChI is InChI=1S/C16H20FN3O3/c1-22-7-6-15-18-16(23-19-15)10-20-9-13(21)8-14(20)11-2-4-12(17)5-3-11/h2-5,13-14,21H,6-10H2,1H3/t13-,14-/m0/s1. The van der Waals surface area contributed by atoms with E-state index in [1.54, 1.807) is 19.2 Å². The molecule has 3 rings (SSSR count). The minimum Gasteiger partial charge on any atom is -0.392 e. The molecule has 1 aromatic heterocycles. The van der Waals surface area contributed by atoms with E-state index in [0.717, 1.165) is 5.56 Å². The van der Waals surface area contributed by atoms with Crippen LogP contribution in [0.4, 0.5) is 4.39 Å². The van der Waals surface area contributed by atoms with E-state index in [2.05, 4.69) is 15.0 Å². The van der Waals surface area contributed by atoms with Crippen LogP contribution in [0, 0.1) is 5.82 Å². The molecule has 0 unspecified atom stereocenters. The lowest BCUT2D eigenvalue weighted by Gasteiger charge is -2.22. The third kappa shape index (κ3) is 3.93. The SMILES string of the molecule is COCCc1noc(CN2C[C@@H](O)C[C@H]2c2ccc(F)cc2)n1. The molecule has 0 bridgehead atoms. The number of benzene rings is 1. The van der Waals surface area contributed by atoms with Crippen LogP contribution in [0.3, 0.4) is 0 Å². The summed E-state index contributed by atoms with van der Waals surface area (Å²) in [6.07, 6.45) is 0.793. The summed E-state index contributed by atoms with van der Waals surface area (Å²) in [6.45, 7) is 1.52. The highest BCUT2D eigenvalue weighted by atomic mass is 19.1. The summed E-state index contributed by atoms with van der Waals surface area (Å²) in [5.41, 5.74) is 0.974. The topological polar surface area (TPSA) is 71.6 Å². The van der Waals surface area contributed by atoms with E-state index in [-0.39, 0.29) is 11.9 Å². The van der Waals surface area contributed by atoms with Crippen LogP contribution < -0.4 is 0 Å². The van der Waals surface area contributed by atoms with Crippen LogP contribution in [0.15, 0.2) is 28.8 Å². The Morgan fingerprint density at radius 2 is 2.17 bits per heavy atom. The van der Waals surface area contributed by atoms with Gasteiger partial charge in [0.2, 0.25) is 5.89 Å². The fourth-order valence-corrected chi connectivity index (χ4v) is 2.91. The number of nitrogens with zero attached hydrogens (tertiary/aromatic N) is 3. The lowest BCUT2D eigenvalue weighted by atomic mass is 10.0. The first-order chi connectivity index (χ1) is 11.2. The van der Waals surface area contributed by atoms with E-state index in [4.69, 9.17) is 9.26 Å². The zero-order valence-electron chi connectivity index (χ0n) is 13.0. The Bertz CT molecular complexity index is 632. The van der Waals surface area contributed by atoms with Crippen molar-refractivity contribution in [3.8, 4) is 0 Å². The highest BCUT2D eigenvalue weighted by Crippen LogP contribution is 2.33. The van der Waals surface area contributed by atoms with Crippen LogP contribution in [0.2, 0.25) is 0 Å². The average molecular weight is 321 g/mol. The van der Waals surface area contributed by atoms with Gasteiger partial charge >= 0.3 is 0 Å². The number of likely N-dealkylation sites (tertiary alicyclic amines) is 1. The van der Waals surface area contributed by atoms with Gasteiger partial charge in [-0.2, -0.15) is 4.98 Å². The fourth-order valence-electron chi connectivity index (χ4n) is 2.91. The molecule has 1 N–H and O–H groups in total. The van der Waals surface area contributed by atoms with Gasteiger partial charge in [-0.05, 0) is 24.1 Å². The lowest BCUT2D eigenvalue weighted by Crippen LogP contribution is -2.24. The molecular weight excluding hydrogens is 301 g/mol. The Labute approximate surface area is 133 Å². The van der Waals surface area contributed by atoms with Gasteiger partial charge in [0.1, 0.15) is 5.82 Å². The first-order valence-corrected chi connectivity index (χ1v) is 7.63. The van der Waals surface area contributed by atoms with E-state index in [9.17, 15) is 9.50 Å². The molecule has 0 spiro atoms. The molecule has 1 saturated heterocycles. The monoisotopic (exact) mass is 321 g/mol. The van der Waals surface area contributed by atoms with Crippen molar-refractivity contribution in [2.75, 3.05) is 20.3 Å². The third-order valence-electron chi connectivity index (χ3n) is 4.01. The molecule has 2 heterocycles. The minimum absolute atomic E-state index is 0.0138. The summed E-state index contributed by atoms with van der Waals surface area (Å²) < 4.78 is 23.3. The van der Waals surface area contributed by atoms with Gasteiger partial charge in [-0.3, -0.25) is 4.90 Å². The quantitative estimate of drug-likeness (QED) is 0.873. The van der Waals surface area contributed by atoms with Gasteiger partial charge in [0.15, 0.2) is 5.82 Å². The molecule has 1 fully saturated rings. The van der Waals surface area contributed by atoms with E-state index < -0.39 is 6.10 Å². The second-order valence-electron chi connectivity index (χ2n) is 5.73. The molecule has 23 heavy (non-hydrogen) atoms. The zero-order valence-corrected chi connectivity index (χ0v) is 13.0. The van der Waals surface area contributed by atoms with Crippen molar-refractivity contribution in [1.29, 1.82) is 0 Å². The minimum atomic E-state index is -0.416. The van der Waals surface area contributed by atoms with E-state index in [0.29, 0.717) is 44.3 Å². The molecule has 7 heteroatoms. The summed E-state index contributed by atoms with van der Waals surface area (Å²) in [5.74, 6) is 0.857. The van der Waals surface area contributed by atoms with E-state index in [1.807, 2.05) is 0 Å². The fraction of sp³-hybridized carbons (Fsp3) is 0.500. The van der Waals surface area contributed by atoms with Gasteiger partial charge in [0, 0.05) is 26.1 Å². The number of methoxy groups -OCH3 is 1. The summed E-state index contributed by atoms with van der Waals surface area (Å²) in [7, 11) is 1.62. The molecule has 124 valence electrons. The van der Waals surface area contributed by atoms with Gasteiger partial charge in [-0.25, -0.2) is 4.39 Å². The largest absolute Gasteiger partial charge is 0.392 e. The molecule has 2 aromatic rings. The van der Waals surface area contributed by atoms with Crippen LogP contribution in [0.25, 0.3) is 0 Å². The second kappa shape index (κ2) is 7.16. The average Bonchev–Trinajstić information content (AvgIpc) is 3.13. The van der Waals surface area contributed by atoms with Crippen molar-refractivity contribution in [2.45, 2.75) is 31.5 Å². The molecular formula is C16H20FN3O3. The maximum absolute atomic E-state index is 13.1. The lowest BCUT2D eigenvalue weighted by molar-refractivity contribution is 0.164. The van der Waals surface area contributed by atoms with Gasteiger partial charge in [-0.15, -0.1) is 0 Å². The predicted molar refractivity (Wildman–Crippen MR) is 80.1 cm³/mol.